The summed E-state index contributed by atoms with van der Waals surface area (Å²) < 4.78 is 13.0. The van der Waals surface area contributed by atoms with Gasteiger partial charge in [-0.15, -0.1) is 0 Å². The second-order valence-electron chi connectivity index (χ2n) is 3.58. The van der Waals surface area contributed by atoms with Gasteiger partial charge in [0.1, 0.15) is 5.82 Å². The monoisotopic (exact) mass is 233 g/mol. The number of rotatable bonds is 2. The van der Waals surface area contributed by atoms with Crippen LogP contribution in [0.3, 0.4) is 0 Å². The normalized spacial score (nSPS) is 10.4. The summed E-state index contributed by atoms with van der Waals surface area (Å²) in [6.07, 6.45) is 0. The van der Waals surface area contributed by atoms with Gasteiger partial charge in [-0.3, -0.25) is 0 Å². The number of hydrogen-bond donors (Lipinski definition) is 1. The lowest BCUT2D eigenvalue weighted by atomic mass is 10.2. The Morgan fingerprint density at radius 1 is 1.06 bits per heavy atom. The molecule has 16 heavy (non-hydrogen) atoms. The first kappa shape index (κ1) is 11.0. The van der Waals surface area contributed by atoms with Gasteiger partial charge in [0.2, 0.25) is 0 Å². The van der Waals surface area contributed by atoms with Crippen LogP contribution in [0.4, 0.5) is 10.1 Å². The van der Waals surface area contributed by atoms with E-state index in [-0.39, 0.29) is 5.82 Å². The number of nitrogen functional groups attached to an aromatic ring is 1. The van der Waals surface area contributed by atoms with E-state index < -0.39 is 0 Å². The summed E-state index contributed by atoms with van der Waals surface area (Å²) in [6, 6.07) is 12.4. The quantitative estimate of drug-likeness (QED) is 0.797. The maximum Gasteiger partial charge on any atom is 0.124 e. The van der Waals surface area contributed by atoms with Gasteiger partial charge in [0.25, 0.3) is 0 Å². The predicted octanol–water partition coefficient (Wildman–Crippen LogP) is 3.87. The molecular formula is C13H12FNS. The van der Waals surface area contributed by atoms with Crippen molar-refractivity contribution in [2.24, 2.45) is 0 Å². The zero-order valence-corrected chi connectivity index (χ0v) is 9.72. The Balaban J connectivity index is 2.24. The fourth-order valence-corrected chi connectivity index (χ4v) is 2.34. The Morgan fingerprint density at radius 2 is 1.81 bits per heavy atom. The molecule has 3 heteroatoms. The number of hydrogen-bond acceptors (Lipinski definition) is 2. The summed E-state index contributed by atoms with van der Waals surface area (Å²) in [5, 5.41) is 0. The van der Waals surface area contributed by atoms with E-state index in [0.29, 0.717) is 0 Å². The molecule has 0 heterocycles. The summed E-state index contributed by atoms with van der Waals surface area (Å²) >= 11 is 1.53. The van der Waals surface area contributed by atoms with E-state index in [4.69, 9.17) is 5.73 Å². The number of nitrogens with two attached hydrogens (primary N) is 1. The van der Waals surface area contributed by atoms with Gasteiger partial charge in [-0.1, -0.05) is 17.8 Å². The molecule has 2 aromatic rings. The van der Waals surface area contributed by atoms with E-state index in [1.165, 1.54) is 23.9 Å². The molecule has 0 atom stereocenters. The van der Waals surface area contributed by atoms with Gasteiger partial charge in [0.15, 0.2) is 0 Å². The molecule has 0 aliphatic rings. The summed E-state index contributed by atoms with van der Waals surface area (Å²) in [4.78, 5) is 1.96. The molecule has 0 radical (unpaired) electrons. The molecule has 0 saturated carbocycles. The van der Waals surface area contributed by atoms with E-state index in [0.717, 1.165) is 21.0 Å². The highest BCUT2D eigenvalue weighted by molar-refractivity contribution is 7.99. The fourth-order valence-electron chi connectivity index (χ4n) is 1.38. The average Bonchev–Trinajstić information content (AvgIpc) is 2.24. The van der Waals surface area contributed by atoms with Crippen LogP contribution >= 0.6 is 11.8 Å². The van der Waals surface area contributed by atoms with Crippen LogP contribution in [0, 0.1) is 12.7 Å². The molecule has 0 bridgehead atoms. The molecular weight excluding hydrogens is 221 g/mol. The highest BCUT2D eigenvalue weighted by Gasteiger charge is 2.00. The third kappa shape index (κ3) is 2.55. The zero-order chi connectivity index (χ0) is 11.5. The highest BCUT2D eigenvalue weighted by atomic mass is 32.2. The summed E-state index contributed by atoms with van der Waals surface area (Å²) in [5.74, 6) is -0.211. The number of benzene rings is 2. The minimum Gasteiger partial charge on any atom is -0.399 e. The van der Waals surface area contributed by atoms with Crippen LogP contribution in [-0.4, -0.2) is 0 Å². The van der Waals surface area contributed by atoms with Crippen molar-refractivity contribution in [3.05, 3.63) is 53.8 Å². The van der Waals surface area contributed by atoms with E-state index in [1.54, 1.807) is 6.07 Å². The van der Waals surface area contributed by atoms with Crippen molar-refractivity contribution in [1.82, 2.24) is 0 Å². The smallest absolute Gasteiger partial charge is 0.124 e. The van der Waals surface area contributed by atoms with Gasteiger partial charge in [0.05, 0.1) is 0 Å². The Labute approximate surface area is 98.5 Å². The first-order valence-corrected chi connectivity index (χ1v) is 5.76. The largest absolute Gasteiger partial charge is 0.399 e. The van der Waals surface area contributed by atoms with Gasteiger partial charge in [0, 0.05) is 15.5 Å². The second kappa shape index (κ2) is 4.58. The molecule has 0 fully saturated rings. The molecule has 82 valence electrons. The van der Waals surface area contributed by atoms with Crippen LogP contribution in [0.25, 0.3) is 0 Å². The third-order valence-corrected chi connectivity index (χ3v) is 3.25. The molecule has 1 nitrogen and oxygen atoms in total. The van der Waals surface area contributed by atoms with Crippen LogP contribution in [0.15, 0.2) is 52.3 Å². The van der Waals surface area contributed by atoms with E-state index >= 15 is 0 Å². The van der Waals surface area contributed by atoms with Gasteiger partial charge in [-0.25, -0.2) is 4.39 Å². The van der Waals surface area contributed by atoms with Crippen molar-refractivity contribution in [2.75, 3.05) is 5.73 Å². The minimum absolute atomic E-state index is 0.211. The minimum atomic E-state index is -0.211. The Bertz CT molecular complexity index is 511. The topological polar surface area (TPSA) is 26.0 Å². The van der Waals surface area contributed by atoms with Crippen molar-refractivity contribution >= 4 is 17.4 Å². The van der Waals surface area contributed by atoms with Crippen molar-refractivity contribution in [3.8, 4) is 0 Å². The van der Waals surface area contributed by atoms with Crippen LogP contribution < -0.4 is 5.73 Å². The van der Waals surface area contributed by atoms with Crippen molar-refractivity contribution in [1.29, 1.82) is 0 Å². The van der Waals surface area contributed by atoms with Crippen molar-refractivity contribution < 1.29 is 4.39 Å². The lowest BCUT2D eigenvalue weighted by Gasteiger charge is -2.04. The maximum absolute atomic E-state index is 13.0. The zero-order valence-electron chi connectivity index (χ0n) is 8.91. The first-order chi connectivity index (χ1) is 7.65. The molecule has 2 N–H and O–H groups in total. The van der Waals surface area contributed by atoms with E-state index in [1.807, 2.05) is 31.2 Å². The Kier molecular flexibility index (Phi) is 3.15. The van der Waals surface area contributed by atoms with Gasteiger partial charge < -0.3 is 5.73 Å². The van der Waals surface area contributed by atoms with Crippen molar-refractivity contribution in [3.63, 3.8) is 0 Å². The van der Waals surface area contributed by atoms with Crippen LogP contribution in [0.2, 0.25) is 0 Å². The molecule has 0 aliphatic heterocycles. The molecule has 0 aliphatic carbocycles. The maximum atomic E-state index is 13.0. The molecule has 2 rings (SSSR count). The van der Waals surface area contributed by atoms with Gasteiger partial charge >= 0.3 is 0 Å². The fraction of sp³-hybridized carbons (Fsp3) is 0.0769. The molecule has 0 aromatic heterocycles. The Morgan fingerprint density at radius 3 is 2.50 bits per heavy atom. The van der Waals surface area contributed by atoms with Gasteiger partial charge in [-0.2, -0.15) is 0 Å². The highest BCUT2D eigenvalue weighted by Crippen LogP contribution is 2.29. The SMILES string of the molecule is Cc1cc(Sc2cccc(F)c2)ccc1N. The number of halogens is 1. The van der Waals surface area contributed by atoms with E-state index in [2.05, 4.69) is 0 Å². The second-order valence-corrected chi connectivity index (χ2v) is 4.72. The van der Waals surface area contributed by atoms with Crippen LogP contribution in [0.1, 0.15) is 5.56 Å². The lowest BCUT2D eigenvalue weighted by Crippen LogP contribution is -1.88. The molecule has 0 saturated heterocycles. The summed E-state index contributed by atoms with van der Waals surface area (Å²) in [6.45, 7) is 1.96. The number of aryl methyl sites for hydroxylation is 1. The van der Waals surface area contributed by atoms with Crippen LogP contribution in [-0.2, 0) is 0 Å². The molecule has 0 spiro atoms. The van der Waals surface area contributed by atoms with E-state index in [9.17, 15) is 4.39 Å². The average molecular weight is 233 g/mol. The van der Waals surface area contributed by atoms with Gasteiger partial charge in [-0.05, 0) is 48.9 Å². The third-order valence-electron chi connectivity index (χ3n) is 2.27. The number of anilines is 1. The summed E-state index contributed by atoms with van der Waals surface area (Å²) in [7, 11) is 0. The first-order valence-electron chi connectivity index (χ1n) is 4.95. The molecule has 0 amide bonds. The van der Waals surface area contributed by atoms with Crippen LogP contribution in [0.5, 0.6) is 0 Å². The van der Waals surface area contributed by atoms with Crippen molar-refractivity contribution in [2.45, 2.75) is 16.7 Å². The summed E-state index contributed by atoms with van der Waals surface area (Å²) in [5.41, 5.74) is 7.56. The Hall–Kier alpha value is -1.48. The predicted molar refractivity (Wildman–Crippen MR) is 66.1 cm³/mol. The lowest BCUT2D eigenvalue weighted by molar-refractivity contribution is 0.624. The molecule has 0 unspecified atom stereocenters. The standard InChI is InChI=1S/C13H12FNS/c1-9-7-12(5-6-13(9)15)16-11-4-2-3-10(14)8-11/h2-8H,15H2,1H3. The molecule has 2 aromatic carbocycles.